The van der Waals surface area contributed by atoms with Gasteiger partial charge in [0.15, 0.2) is 0 Å². The Hall–Kier alpha value is -5.37. The predicted molar refractivity (Wildman–Crippen MR) is 255 cm³/mol. The highest BCUT2D eigenvalue weighted by atomic mass is 17.0. The topological polar surface area (TPSA) is 153 Å². The summed E-state index contributed by atoms with van der Waals surface area (Å²) in [6, 6.07) is 13.1. The highest BCUT2D eigenvalue weighted by Gasteiger charge is 2.54. The van der Waals surface area contributed by atoms with Crippen molar-refractivity contribution in [3.63, 3.8) is 0 Å². The van der Waals surface area contributed by atoms with Crippen molar-refractivity contribution in [3.8, 4) is 23.0 Å². The van der Waals surface area contributed by atoms with Crippen LogP contribution in [0, 0.1) is 28.6 Å². The molecule has 6 aliphatic rings. The zero-order valence-corrected chi connectivity index (χ0v) is 40.3. The van der Waals surface area contributed by atoms with Crippen LogP contribution in [0.25, 0.3) is 27.6 Å². The zero-order valence-electron chi connectivity index (χ0n) is 40.3. The number of nitrogens with one attached hydrogen (secondary N) is 2. The highest BCUT2D eigenvalue weighted by Crippen LogP contribution is 2.44. The minimum absolute atomic E-state index is 0.126. The monoisotopic (exact) mass is 915 g/mol. The fourth-order valence-corrected chi connectivity index (χ4v) is 11.2. The second-order valence-corrected chi connectivity index (χ2v) is 20.4. The molecular formula is C52H66N8O7. The molecule has 1 spiro atoms. The maximum absolute atomic E-state index is 14.9. The first-order chi connectivity index (χ1) is 32.1. The molecule has 0 saturated carbocycles. The summed E-state index contributed by atoms with van der Waals surface area (Å²) in [5.41, 5.74) is 10.9. The number of hydrogen-bond acceptors (Lipinski definition) is 10. The first kappa shape index (κ1) is 46.7. The summed E-state index contributed by atoms with van der Waals surface area (Å²) in [6.07, 6.45) is 6.08. The lowest BCUT2D eigenvalue weighted by atomic mass is 9.83. The van der Waals surface area contributed by atoms with Crippen LogP contribution in [0.1, 0.15) is 96.9 Å². The summed E-state index contributed by atoms with van der Waals surface area (Å²) >= 11 is 0. The summed E-state index contributed by atoms with van der Waals surface area (Å²) in [7, 11) is 3.87. The van der Waals surface area contributed by atoms with E-state index in [0.29, 0.717) is 45.5 Å². The smallest absolute Gasteiger partial charge is 0.298 e. The maximum atomic E-state index is 14.9. The molecule has 2 N–H and O–H groups in total. The lowest BCUT2D eigenvalue weighted by Crippen LogP contribution is -2.62. The van der Waals surface area contributed by atoms with Gasteiger partial charge in [-0.05, 0) is 110 Å². The molecule has 4 fully saturated rings. The number of aromatic nitrogens is 1. The van der Waals surface area contributed by atoms with E-state index in [-0.39, 0.29) is 60.2 Å². The second-order valence-electron chi connectivity index (χ2n) is 20.4. The molecule has 9 rings (SSSR count). The molecule has 4 saturated heterocycles. The number of likely N-dealkylation sites (tertiary alicyclic amines) is 2. The SMILES string of the molecule is CC#CC(=O)N1CCC2(CCN([C@H](C(=O)N[C@H]3Cc4cccc(c4)-c4ccc5c(c4)c(c(C4=C([C@H](C)OC)N=CCC4)n5C)CC(C)(C)COC4ON4[C@@H]4CCCN(N4)C3=O)C(C)C)C2=O)C1. The van der Waals surface area contributed by atoms with Gasteiger partial charge in [0.05, 0.1) is 23.8 Å². The molecule has 356 valence electrons. The number of benzene rings is 2. The molecule has 67 heavy (non-hydrogen) atoms. The molecule has 4 amide bonds. The fourth-order valence-electron chi connectivity index (χ4n) is 11.2. The number of fused-ring (bicyclic) bond motifs is 8. The number of rotatable bonds is 7. The van der Waals surface area contributed by atoms with Crippen LogP contribution in [-0.4, -0.2) is 125 Å². The van der Waals surface area contributed by atoms with E-state index in [1.54, 1.807) is 33.9 Å². The first-order valence-corrected chi connectivity index (χ1v) is 24.1. The molecule has 0 radical (unpaired) electrons. The number of hydroxylamine groups is 2. The van der Waals surface area contributed by atoms with Gasteiger partial charge in [0.2, 0.25) is 11.8 Å². The number of carbonyl (C=O) groups excluding carboxylic acids is 4. The average molecular weight is 915 g/mol. The minimum atomic E-state index is -0.958. The number of hydrogen-bond donors (Lipinski definition) is 2. The van der Waals surface area contributed by atoms with Crippen molar-refractivity contribution in [2.45, 2.75) is 124 Å². The molecule has 15 heteroatoms. The van der Waals surface area contributed by atoms with Gasteiger partial charge in [-0.25, -0.2) is 10.3 Å². The number of allylic oxidation sites excluding steroid dienone is 1. The van der Waals surface area contributed by atoms with Gasteiger partial charge in [-0.1, -0.05) is 63.9 Å². The van der Waals surface area contributed by atoms with Crippen LogP contribution >= 0.6 is 0 Å². The molecule has 7 heterocycles. The van der Waals surface area contributed by atoms with E-state index in [4.69, 9.17) is 19.3 Å². The molecule has 3 unspecified atom stereocenters. The minimum Gasteiger partial charge on any atom is -0.375 e. The Labute approximate surface area is 394 Å². The standard InChI is InChI=1S/C52H66N8O7/c1-9-13-43(61)57-24-20-52(30-57)21-25-58(49(52)64)45(32(2)3)47(62)54-40-27-34-14-10-15-35(26-34)36-18-19-41-38(28-36)39(46(56(41)7)37-16-11-22-53-44(37)33(4)65-8)29-51(5,6)31-66-50-60(67-50)42-17-12-23-59(55-42)48(40)63/h10,14-15,18-19,22,26,28,32-33,40,42,45,50,55H,11-12,16-17,20-21,23-25,27,29-31H2,1-8H3,(H,54,62)/t33-,40-,42+,45-,50?,52?,60?/m0/s1. The molecule has 6 aliphatic heterocycles. The van der Waals surface area contributed by atoms with Crippen LogP contribution in [0.5, 0.6) is 0 Å². The highest BCUT2D eigenvalue weighted by molar-refractivity contribution is 5.98. The van der Waals surface area contributed by atoms with Gasteiger partial charge in [0, 0.05) is 75.1 Å². The van der Waals surface area contributed by atoms with Crippen molar-refractivity contribution >= 4 is 46.3 Å². The van der Waals surface area contributed by atoms with Gasteiger partial charge in [-0.3, -0.25) is 29.2 Å². The number of aliphatic imine (C=N–C) groups is 1. The summed E-state index contributed by atoms with van der Waals surface area (Å²) in [4.78, 5) is 70.9. The Morgan fingerprint density at radius 3 is 2.61 bits per heavy atom. The van der Waals surface area contributed by atoms with Crippen LogP contribution in [0.4, 0.5) is 0 Å². The van der Waals surface area contributed by atoms with Gasteiger partial charge >= 0.3 is 0 Å². The van der Waals surface area contributed by atoms with E-state index < -0.39 is 23.9 Å². The van der Waals surface area contributed by atoms with Crippen LogP contribution in [-0.2, 0) is 53.4 Å². The third-order valence-corrected chi connectivity index (χ3v) is 14.7. The average Bonchev–Trinajstić information content (AvgIpc) is 3.76. The van der Waals surface area contributed by atoms with Crippen molar-refractivity contribution in [3.05, 3.63) is 65.0 Å². The van der Waals surface area contributed by atoms with Crippen LogP contribution in [0.3, 0.4) is 0 Å². The number of aryl methyl sites for hydroxylation is 1. The summed E-state index contributed by atoms with van der Waals surface area (Å²) in [6.45, 7) is 14.0. The molecule has 2 aromatic carbocycles. The van der Waals surface area contributed by atoms with E-state index in [2.05, 4.69) is 85.3 Å². The van der Waals surface area contributed by atoms with E-state index in [0.717, 1.165) is 64.7 Å². The molecule has 7 atom stereocenters. The third-order valence-electron chi connectivity index (χ3n) is 14.7. The Kier molecular flexibility index (Phi) is 13.0. The van der Waals surface area contributed by atoms with Gasteiger partial charge in [-0.15, -0.1) is 5.06 Å². The summed E-state index contributed by atoms with van der Waals surface area (Å²) < 4.78 is 14.7. The normalized spacial score (nSPS) is 27.1. The number of hydrazine groups is 1. The van der Waals surface area contributed by atoms with E-state index >= 15 is 0 Å². The van der Waals surface area contributed by atoms with Gasteiger partial charge in [0.25, 0.3) is 18.2 Å². The molecule has 15 nitrogen and oxygen atoms in total. The quantitative estimate of drug-likeness (QED) is 0.229. The fraction of sp³-hybridized carbons (Fsp3) is 0.558. The third kappa shape index (κ3) is 9.06. The van der Waals surface area contributed by atoms with Gasteiger partial charge < -0.3 is 29.2 Å². The predicted octanol–water partition coefficient (Wildman–Crippen LogP) is 5.56. The lowest BCUT2D eigenvalue weighted by molar-refractivity contribution is -0.147. The number of ether oxygens (including phenoxy) is 2. The number of methoxy groups -OCH3 is 1. The second kappa shape index (κ2) is 18.6. The van der Waals surface area contributed by atoms with Crippen LogP contribution in [0.2, 0.25) is 0 Å². The van der Waals surface area contributed by atoms with Crippen LogP contribution < -0.4 is 10.7 Å². The van der Waals surface area contributed by atoms with Gasteiger partial charge in [0.1, 0.15) is 18.2 Å². The number of amides is 4. The molecule has 0 aliphatic carbocycles. The van der Waals surface area contributed by atoms with Crippen molar-refractivity contribution in [2.75, 3.05) is 39.9 Å². The van der Waals surface area contributed by atoms with Crippen molar-refractivity contribution in [1.82, 2.24) is 35.2 Å². The van der Waals surface area contributed by atoms with Crippen molar-refractivity contribution in [1.29, 1.82) is 0 Å². The number of carbonyl (C=O) groups is 4. The van der Waals surface area contributed by atoms with E-state index in [9.17, 15) is 19.2 Å². The maximum Gasteiger partial charge on any atom is 0.298 e. The Bertz CT molecular complexity index is 2590. The van der Waals surface area contributed by atoms with Crippen LogP contribution in [0.15, 0.2) is 53.2 Å². The molecule has 6 bridgehead atoms. The van der Waals surface area contributed by atoms with E-state index in [1.807, 2.05) is 32.2 Å². The Balaban J connectivity index is 1.07. The van der Waals surface area contributed by atoms with Gasteiger partial charge in [-0.2, -0.15) is 0 Å². The number of nitrogens with zero attached hydrogens (tertiary/aromatic N) is 6. The lowest BCUT2D eigenvalue weighted by Gasteiger charge is -2.37. The zero-order chi connectivity index (χ0) is 47.4. The molecular weight excluding hydrogens is 849 g/mol. The van der Waals surface area contributed by atoms with E-state index in [1.165, 1.54) is 11.1 Å². The first-order valence-electron chi connectivity index (χ1n) is 24.1. The Morgan fingerprint density at radius 2 is 1.84 bits per heavy atom. The van der Waals surface area contributed by atoms with Crippen molar-refractivity contribution < 1.29 is 33.5 Å². The summed E-state index contributed by atoms with van der Waals surface area (Å²) in [5.74, 6) is 3.96. The largest absolute Gasteiger partial charge is 0.375 e. The van der Waals surface area contributed by atoms with Crippen molar-refractivity contribution in [2.24, 2.45) is 28.8 Å². The Morgan fingerprint density at radius 1 is 1.04 bits per heavy atom. The summed E-state index contributed by atoms with van der Waals surface area (Å²) in [5, 5.41) is 7.71. The molecule has 1 aromatic heterocycles. The molecule has 3 aromatic rings.